The molecule has 0 aromatic carbocycles. The first-order chi connectivity index (χ1) is 28.9. The Bertz CT molecular complexity index is 1190. The summed E-state index contributed by atoms with van der Waals surface area (Å²) < 4.78 is 32.6. The number of rotatable bonds is 42. The number of phosphoric acid groups is 1. The van der Waals surface area contributed by atoms with E-state index in [0.717, 1.165) is 38.0 Å². The Labute approximate surface area is 363 Å². The third-order valence-electron chi connectivity index (χ3n) is 9.85. The Kier molecular flexibility index (Phi) is 39.4. The van der Waals surface area contributed by atoms with Gasteiger partial charge in [-0.15, -0.1) is 0 Å². The van der Waals surface area contributed by atoms with Crippen molar-refractivity contribution in [3.05, 3.63) is 48.6 Å². The zero-order valence-electron chi connectivity index (χ0n) is 37.6. The van der Waals surface area contributed by atoms with E-state index < -0.39 is 70.6 Å². The van der Waals surface area contributed by atoms with Crippen molar-refractivity contribution < 1.29 is 58.0 Å². The van der Waals surface area contributed by atoms with Gasteiger partial charge in [0, 0.05) is 12.8 Å². The highest BCUT2D eigenvalue weighted by Gasteiger charge is 2.27. The summed E-state index contributed by atoms with van der Waals surface area (Å²) in [5.74, 6) is -0.347. The first kappa shape index (κ1) is 57.9. The van der Waals surface area contributed by atoms with Gasteiger partial charge >= 0.3 is 19.8 Å². The lowest BCUT2D eigenvalue weighted by Crippen LogP contribution is -2.30. The lowest BCUT2D eigenvalue weighted by molar-refractivity contribution is -0.161. The zero-order valence-corrected chi connectivity index (χ0v) is 38.4. The minimum absolute atomic E-state index is 0.0185. The average molecular weight is 873 g/mol. The Balaban J connectivity index is 4.48. The topological polar surface area (TPSA) is 189 Å². The van der Waals surface area contributed by atoms with Gasteiger partial charge in [0.2, 0.25) is 0 Å². The number of esters is 2. The molecule has 0 aromatic rings. The van der Waals surface area contributed by atoms with Crippen LogP contribution in [0.15, 0.2) is 48.6 Å². The molecule has 5 atom stereocenters. The van der Waals surface area contributed by atoms with E-state index in [-0.39, 0.29) is 12.8 Å². The van der Waals surface area contributed by atoms with E-state index >= 15 is 0 Å². The number of aliphatic hydroxyl groups is 4. The van der Waals surface area contributed by atoms with Gasteiger partial charge in [-0.25, -0.2) is 4.57 Å². The number of carbonyl (C=O) groups excluding carboxylic acids is 2. The third-order valence-corrected chi connectivity index (χ3v) is 10.8. The normalized spacial score (nSPS) is 15.3. The van der Waals surface area contributed by atoms with Crippen molar-refractivity contribution in [2.45, 2.75) is 206 Å². The molecule has 0 spiro atoms. The van der Waals surface area contributed by atoms with Crippen LogP contribution in [0.1, 0.15) is 181 Å². The van der Waals surface area contributed by atoms with Crippen molar-refractivity contribution in [2.75, 3.05) is 26.4 Å². The third kappa shape index (κ3) is 41.2. The van der Waals surface area contributed by atoms with Crippen LogP contribution >= 0.6 is 7.82 Å². The van der Waals surface area contributed by atoms with E-state index in [0.29, 0.717) is 25.7 Å². The van der Waals surface area contributed by atoms with E-state index in [1.54, 1.807) is 36.5 Å². The molecule has 60 heavy (non-hydrogen) atoms. The number of allylic oxidation sites excluding steroid dienone is 5. The van der Waals surface area contributed by atoms with Crippen LogP contribution in [-0.4, -0.2) is 88.1 Å². The van der Waals surface area contributed by atoms with Crippen LogP contribution in [0.3, 0.4) is 0 Å². The van der Waals surface area contributed by atoms with Crippen LogP contribution in [0, 0.1) is 5.92 Å². The number of unbranched alkanes of at least 4 members (excludes halogenated alkanes) is 17. The van der Waals surface area contributed by atoms with Gasteiger partial charge in [-0.05, 0) is 44.4 Å². The van der Waals surface area contributed by atoms with Crippen molar-refractivity contribution in [1.82, 2.24) is 0 Å². The average Bonchev–Trinajstić information content (AvgIpc) is 3.21. The molecule has 350 valence electrons. The van der Waals surface area contributed by atoms with Gasteiger partial charge in [-0.3, -0.25) is 18.6 Å². The number of phosphoric ester groups is 1. The molecule has 0 radical (unpaired) electrons. The summed E-state index contributed by atoms with van der Waals surface area (Å²) in [7, 11) is -4.68. The molecule has 13 heteroatoms. The molecule has 5 N–H and O–H groups in total. The van der Waals surface area contributed by atoms with Crippen LogP contribution in [0.4, 0.5) is 0 Å². The Hall–Kier alpha value is -2.15. The molecule has 0 amide bonds. The molecule has 0 bridgehead atoms. The standard InChI is InChI=1S/C47H85O12P/c1-4-5-6-7-20-25-31-42(49)32-26-22-23-27-33-43(50)34-29-36-46(52)56-39-45(40-58-60(54,55)57-38-44(51)37-48)59-47(53)35-28-21-18-16-14-12-10-8-9-11-13-15-17-19-24-30-41(2)3/h20,22-23,25-27,32-33,41-45,48-51H,4-19,21,24,28-31,34-40H2,1-3H3,(H,54,55)/b23-22+,25-20-,32-26+,33-27-/t42-,43-,44+,45-/m1/s1. The second kappa shape index (κ2) is 40.9. The smallest absolute Gasteiger partial charge is 0.462 e. The molecule has 0 saturated carbocycles. The van der Waals surface area contributed by atoms with E-state index in [4.69, 9.17) is 19.1 Å². The molecule has 0 aliphatic carbocycles. The quantitative estimate of drug-likeness (QED) is 0.0129. The second-order valence-electron chi connectivity index (χ2n) is 16.3. The maximum Gasteiger partial charge on any atom is 0.472 e. The minimum atomic E-state index is -4.68. The van der Waals surface area contributed by atoms with E-state index in [9.17, 15) is 34.4 Å². The van der Waals surface area contributed by atoms with Gasteiger partial charge in [0.1, 0.15) is 12.7 Å². The lowest BCUT2D eigenvalue weighted by Gasteiger charge is -2.20. The molecule has 0 heterocycles. The summed E-state index contributed by atoms with van der Waals surface area (Å²) >= 11 is 0. The summed E-state index contributed by atoms with van der Waals surface area (Å²) in [5.41, 5.74) is 0. The highest BCUT2D eigenvalue weighted by atomic mass is 31.2. The Morgan fingerprint density at radius 2 is 1.13 bits per heavy atom. The van der Waals surface area contributed by atoms with Crippen molar-refractivity contribution in [1.29, 1.82) is 0 Å². The molecule has 0 aromatic heterocycles. The lowest BCUT2D eigenvalue weighted by atomic mass is 10.0. The Morgan fingerprint density at radius 3 is 1.70 bits per heavy atom. The maximum absolute atomic E-state index is 12.6. The van der Waals surface area contributed by atoms with Crippen molar-refractivity contribution >= 4 is 19.8 Å². The summed E-state index contributed by atoms with van der Waals surface area (Å²) in [6, 6.07) is 0. The molecule has 0 aliphatic heterocycles. The summed E-state index contributed by atoms with van der Waals surface area (Å²) in [4.78, 5) is 35.1. The molecule has 0 rings (SSSR count). The highest BCUT2D eigenvalue weighted by molar-refractivity contribution is 7.47. The van der Waals surface area contributed by atoms with E-state index in [1.165, 1.54) is 89.9 Å². The first-order valence-corrected chi connectivity index (χ1v) is 24.7. The first-order valence-electron chi connectivity index (χ1n) is 23.2. The molecule has 0 aliphatic rings. The number of hydrogen-bond donors (Lipinski definition) is 5. The van der Waals surface area contributed by atoms with Crippen LogP contribution < -0.4 is 0 Å². The van der Waals surface area contributed by atoms with Gasteiger partial charge in [0.25, 0.3) is 0 Å². The number of carbonyl (C=O) groups is 2. The highest BCUT2D eigenvalue weighted by Crippen LogP contribution is 2.43. The molecule has 12 nitrogen and oxygen atoms in total. The fraction of sp³-hybridized carbons (Fsp3) is 0.787. The van der Waals surface area contributed by atoms with Gasteiger partial charge < -0.3 is 34.8 Å². The molecular formula is C47H85O12P. The van der Waals surface area contributed by atoms with E-state index in [1.807, 2.05) is 6.08 Å². The number of ether oxygens (including phenoxy) is 2. The number of hydrogen-bond acceptors (Lipinski definition) is 11. The molecular weight excluding hydrogens is 787 g/mol. The van der Waals surface area contributed by atoms with Gasteiger partial charge in [0.15, 0.2) is 6.10 Å². The fourth-order valence-electron chi connectivity index (χ4n) is 6.20. The predicted octanol–water partition coefficient (Wildman–Crippen LogP) is 10.3. The summed E-state index contributed by atoms with van der Waals surface area (Å²) in [6.45, 7) is 4.39. The second-order valence-corrected chi connectivity index (χ2v) is 17.8. The number of aliphatic hydroxyl groups excluding tert-OH is 4. The van der Waals surface area contributed by atoms with Gasteiger partial charge in [-0.2, -0.15) is 0 Å². The summed E-state index contributed by atoms with van der Waals surface area (Å²) in [5, 5.41) is 38.6. The fourth-order valence-corrected chi connectivity index (χ4v) is 6.99. The van der Waals surface area contributed by atoms with Crippen LogP contribution in [-0.2, 0) is 32.7 Å². The van der Waals surface area contributed by atoms with Crippen molar-refractivity contribution in [3.63, 3.8) is 0 Å². The Morgan fingerprint density at radius 1 is 0.600 bits per heavy atom. The van der Waals surface area contributed by atoms with E-state index in [2.05, 4.69) is 31.4 Å². The molecule has 0 saturated heterocycles. The summed E-state index contributed by atoms with van der Waals surface area (Å²) in [6.07, 6.45) is 35.6. The monoisotopic (exact) mass is 873 g/mol. The van der Waals surface area contributed by atoms with Crippen molar-refractivity contribution in [2.24, 2.45) is 5.92 Å². The van der Waals surface area contributed by atoms with Crippen LogP contribution in [0.25, 0.3) is 0 Å². The maximum atomic E-state index is 12.6. The van der Waals surface area contributed by atoms with Crippen LogP contribution in [0.5, 0.6) is 0 Å². The predicted molar refractivity (Wildman–Crippen MR) is 240 cm³/mol. The molecule has 0 fully saturated rings. The SMILES string of the molecule is CCCCC/C=C\C[C@@H](O)/C=C/C=C/C=C\[C@@H](O)CCCC(=O)OC[C@H](COP(=O)(O)OC[C@@H](O)CO)OC(=O)CCCCCCCCCCCCCCCCCC(C)C. The zero-order chi connectivity index (χ0) is 44.5. The minimum Gasteiger partial charge on any atom is -0.462 e. The molecule has 1 unspecified atom stereocenters. The van der Waals surface area contributed by atoms with Crippen LogP contribution in [0.2, 0.25) is 0 Å². The van der Waals surface area contributed by atoms with Gasteiger partial charge in [-0.1, -0.05) is 179 Å². The van der Waals surface area contributed by atoms with Crippen molar-refractivity contribution in [3.8, 4) is 0 Å². The largest absolute Gasteiger partial charge is 0.472 e. The van der Waals surface area contributed by atoms with Gasteiger partial charge in [0.05, 0.1) is 32.0 Å².